The number of halogens is 1. The molecule has 5 heteroatoms. The molecule has 124 valence electrons. The normalized spacial score (nSPS) is 14.5. The van der Waals surface area contributed by atoms with Crippen molar-refractivity contribution in [2.24, 2.45) is 0 Å². The summed E-state index contributed by atoms with van der Waals surface area (Å²) in [5.74, 6) is -0.277. The second kappa shape index (κ2) is 7.16. The maximum Gasteiger partial charge on any atom is 0.194 e. The van der Waals surface area contributed by atoms with E-state index in [0.717, 1.165) is 18.8 Å². The van der Waals surface area contributed by atoms with Gasteiger partial charge in [0.15, 0.2) is 11.6 Å². The molecule has 0 atom stereocenters. The number of carbonyl (C=O) groups is 2. The number of rotatable bonds is 4. The Kier molecular flexibility index (Phi) is 4.97. The molecule has 0 amide bonds. The number of Topliss-reactive ketones (excluding diaryl/α,β-unsaturated/α-hetero) is 1. The Hall–Kier alpha value is -2.17. The fourth-order valence-electron chi connectivity index (χ4n) is 2.74. The van der Waals surface area contributed by atoms with Crippen molar-refractivity contribution in [3.63, 3.8) is 0 Å². The van der Waals surface area contributed by atoms with Gasteiger partial charge in [-0.2, -0.15) is 0 Å². The van der Waals surface area contributed by atoms with Crippen molar-refractivity contribution < 1.29 is 14.3 Å². The van der Waals surface area contributed by atoms with Crippen molar-refractivity contribution in [1.82, 2.24) is 0 Å². The van der Waals surface area contributed by atoms with Crippen LogP contribution in [-0.2, 0) is 4.74 Å². The maximum atomic E-state index is 12.8. The van der Waals surface area contributed by atoms with Gasteiger partial charge in [-0.25, -0.2) is 0 Å². The molecule has 1 saturated heterocycles. The Morgan fingerprint density at radius 3 is 2.50 bits per heavy atom. The van der Waals surface area contributed by atoms with Crippen LogP contribution in [0.15, 0.2) is 42.5 Å². The van der Waals surface area contributed by atoms with Crippen molar-refractivity contribution in [3.05, 3.63) is 64.2 Å². The van der Waals surface area contributed by atoms with Gasteiger partial charge in [-0.1, -0.05) is 23.7 Å². The molecule has 0 radical (unpaired) electrons. The lowest BCUT2D eigenvalue weighted by Gasteiger charge is -2.29. The monoisotopic (exact) mass is 343 g/mol. The van der Waals surface area contributed by atoms with Crippen LogP contribution in [0.3, 0.4) is 0 Å². The minimum Gasteiger partial charge on any atom is -0.378 e. The molecule has 1 aliphatic rings. The number of morpholine rings is 1. The van der Waals surface area contributed by atoms with Crippen molar-refractivity contribution >= 4 is 28.9 Å². The number of ketones is 2. The van der Waals surface area contributed by atoms with Crippen LogP contribution < -0.4 is 4.90 Å². The van der Waals surface area contributed by atoms with E-state index in [9.17, 15) is 9.59 Å². The number of hydrogen-bond donors (Lipinski definition) is 0. The number of benzene rings is 2. The first-order valence-electron chi connectivity index (χ1n) is 7.84. The van der Waals surface area contributed by atoms with Gasteiger partial charge in [0.1, 0.15) is 0 Å². The van der Waals surface area contributed by atoms with Gasteiger partial charge in [0.2, 0.25) is 0 Å². The molecule has 0 aromatic heterocycles. The molecule has 4 nitrogen and oxygen atoms in total. The molecule has 1 fully saturated rings. The average molecular weight is 344 g/mol. The second-order valence-electron chi connectivity index (χ2n) is 5.73. The Bertz CT molecular complexity index is 782. The SMILES string of the molecule is CC(=O)c1ccc(Cl)c(C(=O)c2cccc(N3CCOCC3)c2)c1. The Morgan fingerprint density at radius 2 is 1.79 bits per heavy atom. The first-order valence-corrected chi connectivity index (χ1v) is 8.22. The summed E-state index contributed by atoms with van der Waals surface area (Å²) in [6, 6.07) is 12.3. The van der Waals surface area contributed by atoms with Gasteiger partial charge in [0, 0.05) is 35.5 Å². The summed E-state index contributed by atoms with van der Waals surface area (Å²) in [6.07, 6.45) is 0. The van der Waals surface area contributed by atoms with Gasteiger partial charge >= 0.3 is 0 Å². The highest BCUT2D eigenvalue weighted by atomic mass is 35.5. The Balaban J connectivity index is 1.93. The smallest absolute Gasteiger partial charge is 0.194 e. The fraction of sp³-hybridized carbons (Fsp3) is 0.263. The van der Waals surface area contributed by atoms with Crippen LogP contribution in [0.4, 0.5) is 5.69 Å². The first-order chi connectivity index (χ1) is 11.6. The Morgan fingerprint density at radius 1 is 1.04 bits per heavy atom. The van der Waals surface area contributed by atoms with Gasteiger partial charge in [0.05, 0.1) is 18.2 Å². The number of carbonyl (C=O) groups excluding carboxylic acids is 2. The van der Waals surface area contributed by atoms with E-state index in [2.05, 4.69) is 4.90 Å². The summed E-state index contributed by atoms with van der Waals surface area (Å²) in [4.78, 5) is 26.6. The summed E-state index contributed by atoms with van der Waals surface area (Å²) in [5, 5.41) is 0.349. The first kappa shape index (κ1) is 16.7. The molecule has 0 N–H and O–H groups in total. The minimum absolute atomic E-state index is 0.0946. The van der Waals surface area contributed by atoms with Crippen LogP contribution in [0, 0.1) is 0 Å². The predicted molar refractivity (Wildman–Crippen MR) is 94.4 cm³/mol. The van der Waals surface area contributed by atoms with Gasteiger partial charge in [-0.15, -0.1) is 0 Å². The van der Waals surface area contributed by atoms with Crippen molar-refractivity contribution in [2.75, 3.05) is 31.2 Å². The molecule has 0 spiro atoms. The van der Waals surface area contributed by atoms with Crippen LogP contribution in [0.2, 0.25) is 5.02 Å². The topological polar surface area (TPSA) is 46.6 Å². The highest BCUT2D eigenvalue weighted by molar-refractivity contribution is 6.35. The van der Waals surface area contributed by atoms with Crippen LogP contribution in [-0.4, -0.2) is 37.9 Å². The lowest BCUT2D eigenvalue weighted by Crippen LogP contribution is -2.36. The molecular weight excluding hydrogens is 326 g/mol. The fourth-order valence-corrected chi connectivity index (χ4v) is 2.94. The van der Waals surface area contributed by atoms with E-state index in [1.807, 2.05) is 18.2 Å². The van der Waals surface area contributed by atoms with E-state index in [1.54, 1.807) is 24.3 Å². The van der Waals surface area contributed by atoms with Gasteiger partial charge < -0.3 is 9.64 Å². The lowest BCUT2D eigenvalue weighted by atomic mass is 9.99. The van der Waals surface area contributed by atoms with E-state index in [4.69, 9.17) is 16.3 Å². The second-order valence-corrected chi connectivity index (χ2v) is 6.14. The van der Waals surface area contributed by atoms with Crippen LogP contribution in [0.5, 0.6) is 0 Å². The van der Waals surface area contributed by atoms with Crippen molar-refractivity contribution in [1.29, 1.82) is 0 Å². The summed E-state index contributed by atoms with van der Waals surface area (Å²) < 4.78 is 5.36. The van der Waals surface area contributed by atoms with E-state index in [1.165, 1.54) is 6.92 Å². The zero-order chi connectivity index (χ0) is 17.1. The number of anilines is 1. The molecular formula is C19H18ClNO3. The third-order valence-corrected chi connectivity index (χ3v) is 4.43. The standard InChI is InChI=1S/C19H18ClNO3/c1-13(22)14-5-6-18(20)17(12-14)19(23)15-3-2-4-16(11-15)21-7-9-24-10-8-21/h2-6,11-12H,7-10H2,1H3. The molecule has 0 aliphatic carbocycles. The van der Waals surface area contributed by atoms with E-state index in [0.29, 0.717) is 34.9 Å². The number of ether oxygens (including phenoxy) is 1. The zero-order valence-corrected chi connectivity index (χ0v) is 14.2. The molecule has 3 rings (SSSR count). The molecule has 1 heterocycles. The summed E-state index contributed by atoms with van der Waals surface area (Å²) in [6.45, 7) is 4.45. The predicted octanol–water partition coefficient (Wildman–Crippen LogP) is 3.61. The number of nitrogens with zero attached hydrogens (tertiary/aromatic N) is 1. The highest BCUT2D eigenvalue weighted by Crippen LogP contribution is 2.24. The van der Waals surface area contributed by atoms with Gasteiger partial charge in [-0.05, 0) is 37.3 Å². The molecule has 0 saturated carbocycles. The summed E-state index contributed by atoms with van der Waals surface area (Å²) in [5.41, 5.74) is 2.38. The van der Waals surface area contributed by atoms with Crippen molar-refractivity contribution in [2.45, 2.75) is 6.92 Å². The van der Waals surface area contributed by atoms with Gasteiger partial charge in [-0.3, -0.25) is 9.59 Å². The maximum absolute atomic E-state index is 12.8. The van der Waals surface area contributed by atoms with Crippen molar-refractivity contribution in [3.8, 4) is 0 Å². The molecule has 1 aliphatic heterocycles. The lowest BCUT2D eigenvalue weighted by molar-refractivity contribution is 0.101. The molecule has 0 bridgehead atoms. The summed E-state index contributed by atoms with van der Waals surface area (Å²) >= 11 is 6.18. The van der Waals surface area contributed by atoms with E-state index >= 15 is 0 Å². The quantitative estimate of drug-likeness (QED) is 0.796. The number of hydrogen-bond acceptors (Lipinski definition) is 4. The summed E-state index contributed by atoms with van der Waals surface area (Å²) in [7, 11) is 0. The molecule has 2 aromatic carbocycles. The van der Waals surface area contributed by atoms with E-state index in [-0.39, 0.29) is 11.6 Å². The van der Waals surface area contributed by atoms with Gasteiger partial charge in [0.25, 0.3) is 0 Å². The zero-order valence-electron chi connectivity index (χ0n) is 13.4. The van der Waals surface area contributed by atoms with Crippen LogP contribution in [0.25, 0.3) is 0 Å². The highest BCUT2D eigenvalue weighted by Gasteiger charge is 2.17. The minimum atomic E-state index is -0.182. The Labute approximate surface area is 146 Å². The van der Waals surface area contributed by atoms with E-state index < -0.39 is 0 Å². The average Bonchev–Trinajstić information content (AvgIpc) is 2.62. The van der Waals surface area contributed by atoms with Crippen LogP contribution >= 0.6 is 11.6 Å². The molecule has 2 aromatic rings. The van der Waals surface area contributed by atoms with Crippen LogP contribution in [0.1, 0.15) is 33.2 Å². The largest absolute Gasteiger partial charge is 0.378 e. The molecule has 0 unspecified atom stereocenters. The third kappa shape index (κ3) is 3.50. The molecule has 24 heavy (non-hydrogen) atoms. The third-order valence-electron chi connectivity index (χ3n) is 4.10.